The summed E-state index contributed by atoms with van der Waals surface area (Å²) in [6.45, 7) is 2.57. The van der Waals surface area contributed by atoms with Gasteiger partial charge in [0, 0.05) is 6.07 Å². The van der Waals surface area contributed by atoms with Gasteiger partial charge in [-0.15, -0.1) is 0 Å². The number of carbonyl (C=O) groups is 1. The van der Waals surface area contributed by atoms with Crippen LogP contribution in [-0.4, -0.2) is 35.4 Å². The van der Waals surface area contributed by atoms with Gasteiger partial charge in [-0.2, -0.15) is 5.10 Å². The van der Waals surface area contributed by atoms with Crippen molar-refractivity contribution >= 4 is 5.91 Å². The van der Waals surface area contributed by atoms with E-state index in [-0.39, 0.29) is 12.0 Å². The minimum atomic E-state index is -0.284. The monoisotopic (exact) mass is 339 g/mol. The summed E-state index contributed by atoms with van der Waals surface area (Å²) < 4.78 is 17.0. The molecule has 0 bridgehead atoms. The zero-order valence-corrected chi connectivity index (χ0v) is 13.6. The van der Waals surface area contributed by atoms with Crippen LogP contribution in [0.1, 0.15) is 16.2 Å². The highest BCUT2D eigenvalue weighted by molar-refractivity contribution is 5.93. The van der Waals surface area contributed by atoms with Crippen molar-refractivity contribution in [2.45, 2.75) is 13.0 Å². The average Bonchev–Trinajstić information content (AvgIpc) is 3.28. The number of nitrogens with zero attached hydrogens (tertiary/aromatic N) is 1. The van der Waals surface area contributed by atoms with Gasteiger partial charge in [0.1, 0.15) is 24.2 Å². The fourth-order valence-electron chi connectivity index (χ4n) is 2.60. The Balaban J connectivity index is 1.36. The molecule has 0 saturated heterocycles. The number of fused-ring (bicyclic) bond motifs is 1. The van der Waals surface area contributed by atoms with Gasteiger partial charge in [-0.1, -0.05) is 12.1 Å². The van der Waals surface area contributed by atoms with Gasteiger partial charge in [-0.3, -0.25) is 9.89 Å². The van der Waals surface area contributed by atoms with Crippen molar-refractivity contribution in [3.63, 3.8) is 0 Å². The Bertz CT molecular complexity index is 899. The molecule has 0 aliphatic carbocycles. The minimum absolute atomic E-state index is 0.245. The fraction of sp³-hybridized carbons (Fsp3) is 0.222. The number of furan rings is 1. The number of H-pyrrole nitrogens is 1. The molecular weight excluding hydrogens is 322 g/mol. The van der Waals surface area contributed by atoms with E-state index >= 15 is 0 Å². The predicted molar refractivity (Wildman–Crippen MR) is 89.7 cm³/mol. The maximum absolute atomic E-state index is 12.3. The molecule has 0 spiro atoms. The van der Waals surface area contributed by atoms with Crippen molar-refractivity contribution in [2.24, 2.45) is 0 Å². The standard InChI is InChI=1S/C18H17N3O4/c1-11-6-7-15(24-11)13-8-14(21-20-13)18(22)19-9-12-10-23-16-4-2-3-5-17(16)25-12/h2-8,12H,9-10H2,1H3,(H,19,22)(H,20,21). The van der Waals surface area contributed by atoms with Crippen LogP contribution in [0.15, 0.2) is 46.9 Å². The molecule has 1 aromatic carbocycles. The SMILES string of the molecule is Cc1ccc(-c2cc(C(=O)NCC3COc4ccccc4O3)n[nH]2)o1. The zero-order valence-electron chi connectivity index (χ0n) is 13.6. The van der Waals surface area contributed by atoms with Gasteiger partial charge in [-0.05, 0) is 31.2 Å². The number of nitrogens with one attached hydrogen (secondary N) is 2. The lowest BCUT2D eigenvalue weighted by atomic mass is 10.2. The smallest absolute Gasteiger partial charge is 0.271 e. The first kappa shape index (κ1) is 15.3. The van der Waals surface area contributed by atoms with E-state index in [9.17, 15) is 4.79 Å². The lowest BCUT2D eigenvalue weighted by Crippen LogP contribution is -2.40. The summed E-state index contributed by atoms with van der Waals surface area (Å²) in [6, 6.07) is 12.8. The molecule has 7 nitrogen and oxygen atoms in total. The minimum Gasteiger partial charge on any atom is -0.486 e. The van der Waals surface area contributed by atoms with Crippen LogP contribution in [0.3, 0.4) is 0 Å². The highest BCUT2D eigenvalue weighted by Crippen LogP contribution is 2.30. The van der Waals surface area contributed by atoms with Crippen molar-refractivity contribution in [1.29, 1.82) is 0 Å². The van der Waals surface area contributed by atoms with Gasteiger partial charge in [0.15, 0.2) is 23.0 Å². The number of carbonyl (C=O) groups excluding carboxylic acids is 1. The molecule has 4 rings (SSSR count). The molecule has 1 aliphatic heterocycles. The van der Waals surface area contributed by atoms with Crippen LogP contribution in [-0.2, 0) is 0 Å². The number of hydrogen-bond acceptors (Lipinski definition) is 5. The first-order chi connectivity index (χ1) is 12.2. The second-order valence-corrected chi connectivity index (χ2v) is 5.78. The van der Waals surface area contributed by atoms with Crippen molar-refractivity contribution < 1.29 is 18.7 Å². The van der Waals surface area contributed by atoms with E-state index in [4.69, 9.17) is 13.9 Å². The number of aryl methyl sites for hydroxylation is 1. The van der Waals surface area contributed by atoms with E-state index in [1.54, 1.807) is 6.07 Å². The van der Waals surface area contributed by atoms with Crippen molar-refractivity contribution in [3.8, 4) is 23.0 Å². The largest absolute Gasteiger partial charge is 0.486 e. The fourth-order valence-corrected chi connectivity index (χ4v) is 2.60. The summed E-state index contributed by atoms with van der Waals surface area (Å²) in [6.07, 6.45) is -0.245. The normalized spacial score (nSPS) is 15.8. The number of rotatable bonds is 4. The molecule has 1 aliphatic rings. The number of amides is 1. The van der Waals surface area contributed by atoms with Gasteiger partial charge in [0.2, 0.25) is 0 Å². The first-order valence-electron chi connectivity index (χ1n) is 7.98. The number of aromatic amines is 1. The highest BCUT2D eigenvalue weighted by Gasteiger charge is 2.22. The maximum Gasteiger partial charge on any atom is 0.271 e. The molecule has 0 radical (unpaired) electrons. The molecule has 0 saturated carbocycles. The Morgan fingerprint density at radius 1 is 1.28 bits per heavy atom. The van der Waals surface area contributed by atoms with Gasteiger partial charge in [-0.25, -0.2) is 0 Å². The Hall–Kier alpha value is -3.22. The van der Waals surface area contributed by atoms with Crippen LogP contribution in [0.5, 0.6) is 11.5 Å². The predicted octanol–water partition coefficient (Wildman–Crippen LogP) is 2.55. The molecule has 7 heteroatoms. The third kappa shape index (κ3) is 3.21. The summed E-state index contributed by atoms with van der Waals surface area (Å²) in [5.74, 6) is 2.56. The Labute approximate surface area is 143 Å². The molecule has 128 valence electrons. The number of para-hydroxylation sites is 2. The van der Waals surface area contributed by atoms with Gasteiger partial charge in [0.25, 0.3) is 5.91 Å². The van der Waals surface area contributed by atoms with E-state index in [0.717, 1.165) is 11.5 Å². The molecular formula is C18H17N3O4. The van der Waals surface area contributed by atoms with Gasteiger partial charge >= 0.3 is 0 Å². The van der Waals surface area contributed by atoms with Crippen LogP contribution in [0.25, 0.3) is 11.5 Å². The quantitative estimate of drug-likeness (QED) is 0.762. The number of aromatic nitrogens is 2. The molecule has 3 heterocycles. The van der Waals surface area contributed by atoms with E-state index in [2.05, 4.69) is 15.5 Å². The third-order valence-corrected chi connectivity index (χ3v) is 3.87. The first-order valence-corrected chi connectivity index (χ1v) is 7.98. The average molecular weight is 339 g/mol. The van der Waals surface area contributed by atoms with E-state index in [1.165, 1.54) is 0 Å². The van der Waals surface area contributed by atoms with Crippen molar-refractivity contribution in [2.75, 3.05) is 13.2 Å². The zero-order chi connectivity index (χ0) is 17.2. The lowest BCUT2D eigenvalue weighted by molar-refractivity contribution is 0.0786. The van der Waals surface area contributed by atoms with E-state index in [1.807, 2.05) is 43.3 Å². The van der Waals surface area contributed by atoms with E-state index in [0.29, 0.717) is 36.0 Å². The summed E-state index contributed by atoms with van der Waals surface area (Å²) in [7, 11) is 0. The summed E-state index contributed by atoms with van der Waals surface area (Å²) >= 11 is 0. The van der Waals surface area contributed by atoms with Gasteiger partial charge < -0.3 is 19.2 Å². The van der Waals surface area contributed by atoms with Gasteiger partial charge in [0.05, 0.1) is 6.54 Å². The molecule has 1 amide bonds. The molecule has 1 atom stereocenters. The molecule has 3 aromatic rings. The maximum atomic E-state index is 12.3. The number of ether oxygens (including phenoxy) is 2. The van der Waals surface area contributed by atoms with Crippen molar-refractivity contribution in [1.82, 2.24) is 15.5 Å². The van der Waals surface area contributed by atoms with Crippen LogP contribution in [0.2, 0.25) is 0 Å². The summed E-state index contributed by atoms with van der Waals surface area (Å²) in [5, 5.41) is 9.65. The van der Waals surface area contributed by atoms with Crippen LogP contribution >= 0.6 is 0 Å². The molecule has 2 N–H and O–H groups in total. The van der Waals surface area contributed by atoms with Crippen LogP contribution in [0.4, 0.5) is 0 Å². The Kier molecular flexibility index (Phi) is 3.89. The molecule has 1 unspecified atom stereocenters. The van der Waals surface area contributed by atoms with Crippen LogP contribution < -0.4 is 14.8 Å². The second-order valence-electron chi connectivity index (χ2n) is 5.78. The second kappa shape index (κ2) is 6.35. The lowest BCUT2D eigenvalue weighted by Gasteiger charge is -2.26. The molecule has 25 heavy (non-hydrogen) atoms. The summed E-state index contributed by atoms with van der Waals surface area (Å²) in [5.41, 5.74) is 0.950. The van der Waals surface area contributed by atoms with Crippen molar-refractivity contribution in [3.05, 3.63) is 53.9 Å². The van der Waals surface area contributed by atoms with Crippen LogP contribution in [0, 0.1) is 6.92 Å². The summed E-state index contributed by atoms with van der Waals surface area (Å²) in [4.78, 5) is 12.3. The third-order valence-electron chi connectivity index (χ3n) is 3.87. The molecule has 2 aromatic heterocycles. The topological polar surface area (TPSA) is 89.4 Å². The number of hydrogen-bond donors (Lipinski definition) is 2. The number of benzene rings is 1. The highest BCUT2D eigenvalue weighted by atomic mass is 16.6. The Morgan fingerprint density at radius 2 is 2.12 bits per heavy atom. The molecule has 0 fully saturated rings. The Morgan fingerprint density at radius 3 is 2.92 bits per heavy atom. The van der Waals surface area contributed by atoms with E-state index < -0.39 is 0 Å².